The van der Waals surface area contributed by atoms with E-state index in [1.807, 2.05) is 0 Å². The van der Waals surface area contributed by atoms with Crippen LogP contribution in [0.2, 0.25) is 0 Å². The van der Waals surface area contributed by atoms with Crippen LogP contribution in [-0.2, 0) is 6.54 Å². The zero-order valence-electron chi connectivity index (χ0n) is 12.6. The van der Waals surface area contributed by atoms with Crippen LogP contribution >= 0.6 is 0 Å². The molecule has 2 nitrogen and oxygen atoms in total. The average molecular weight is 248 g/mol. The standard InChI is InChI=1S/C16H28N2/c1-6-16(3,4)17-11-12-18(5)13-15-9-7-14(2)8-10-15/h7-10,17H,6,11-13H2,1-5H3. The normalized spacial score (nSPS) is 12.1. The Morgan fingerprint density at radius 3 is 2.33 bits per heavy atom. The van der Waals surface area contributed by atoms with Crippen molar-refractivity contribution < 1.29 is 0 Å². The van der Waals surface area contributed by atoms with Gasteiger partial charge in [-0.3, -0.25) is 0 Å². The van der Waals surface area contributed by atoms with Crippen molar-refractivity contribution in [2.45, 2.75) is 46.2 Å². The number of likely N-dealkylation sites (N-methyl/N-ethyl adjacent to an activating group) is 1. The maximum absolute atomic E-state index is 3.59. The van der Waals surface area contributed by atoms with Gasteiger partial charge in [0.15, 0.2) is 0 Å². The molecular weight excluding hydrogens is 220 g/mol. The predicted molar refractivity (Wildman–Crippen MR) is 79.9 cm³/mol. The van der Waals surface area contributed by atoms with E-state index in [9.17, 15) is 0 Å². The lowest BCUT2D eigenvalue weighted by Gasteiger charge is -2.26. The Bertz CT molecular complexity index is 341. The minimum Gasteiger partial charge on any atom is -0.311 e. The summed E-state index contributed by atoms with van der Waals surface area (Å²) >= 11 is 0. The Kier molecular flexibility index (Phi) is 5.83. The molecule has 0 aliphatic carbocycles. The summed E-state index contributed by atoms with van der Waals surface area (Å²) in [6, 6.07) is 8.80. The smallest absolute Gasteiger partial charge is 0.0231 e. The van der Waals surface area contributed by atoms with Crippen molar-refractivity contribution in [3.05, 3.63) is 35.4 Å². The van der Waals surface area contributed by atoms with Gasteiger partial charge < -0.3 is 10.2 Å². The molecule has 0 aromatic heterocycles. The van der Waals surface area contributed by atoms with Crippen molar-refractivity contribution in [3.8, 4) is 0 Å². The molecule has 18 heavy (non-hydrogen) atoms. The Balaban J connectivity index is 2.29. The molecule has 0 saturated heterocycles. The third-order valence-corrected chi connectivity index (χ3v) is 3.55. The second-order valence-electron chi connectivity index (χ2n) is 5.89. The molecule has 2 heteroatoms. The highest BCUT2D eigenvalue weighted by Gasteiger charge is 2.13. The van der Waals surface area contributed by atoms with Gasteiger partial charge in [0.05, 0.1) is 0 Å². The number of aryl methyl sites for hydroxylation is 1. The summed E-state index contributed by atoms with van der Waals surface area (Å²) < 4.78 is 0. The van der Waals surface area contributed by atoms with Crippen LogP contribution in [0.3, 0.4) is 0 Å². The molecule has 0 radical (unpaired) electrons. The highest BCUT2D eigenvalue weighted by molar-refractivity contribution is 5.21. The van der Waals surface area contributed by atoms with Crippen LogP contribution in [0.1, 0.15) is 38.3 Å². The topological polar surface area (TPSA) is 15.3 Å². The fourth-order valence-corrected chi connectivity index (χ4v) is 1.79. The highest BCUT2D eigenvalue weighted by Crippen LogP contribution is 2.07. The molecule has 1 aromatic rings. The third kappa shape index (κ3) is 5.65. The molecule has 0 heterocycles. The monoisotopic (exact) mass is 248 g/mol. The molecule has 0 unspecified atom stereocenters. The van der Waals surface area contributed by atoms with E-state index in [-0.39, 0.29) is 5.54 Å². The van der Waals surface area contributed by atoms with Crippen LogP contribution in [0.25, 0.3) is 0 Å². The largest absolute Gasteiger partial charge is 0.311 e. The molecule has 0 spiro atoms. The van der Waals surface area contributed by atoms with Gasteiger partial charge in [-0.05, 0) is 39.8 Å². The van der Waals surface area contributed by atoms with Gasteiger partial charge in [-0.25, -0.2) is 0 Å². The Hall–Kier alpha value is -0.860. The lowest BCUT2D eigenvalue weighted by molar-refractivity contribution is 0.293. The Morgan fingerprint density at radius 1 is 1.17 bits per heavy atom. The van der Waals surface area contributed by atoms with Gasteiger partial charge in [-0.2, -0.15) is 0 Å². The maximum Gasteiger partial charge on any atom is 0.0231 e. The van der Waals surface area contributed by atoms with E-state index in [0.29, 0.717) is 0 Å². The average Bonchev–Trinajstić information content (AvgIpc) is 2.32. The van der Waals surface area contributed by atoms with Crippen molar-refractivity contribution in [3.63, 3.8) is 0 Å². The molecule has 1 rings (SSSR count). The van der Waals surface area contributed by atoms with Gasteiger partial charge in [-0.1, -0.05) is 36.8 Å². The molecular formula is C16H28N2. The van der Waals surface area contributed by atoms with Crippen LogP contribution in [0.15, 0.2) is 24.3 Å². The number of hydrogen-bond donors (Lipinski definition) is 1. The van der Waals surface area contributed by atoms with E-state index < -0.39 is 0 Å². The molecule has 0 aliphatic rings. The molecule has 0 saturated carbocycles. The summed E-state index contributed by atoms with van der Waals surface area (Å²) in [7, 11) is 2.18. The van der Waals surface area contributed by atoms with Crippen LogP contribution in [0.5, 0.6) is 0 Å². The maximum atomic E-state index is 3.59. The summed E-state index contributed by atoms with van der Waals surface area (Å²) in [6.45, 7) is 12.0. The van der Waals surface area contributed by atoms with E-state index >= 15 is 0 Å². The zero-order valence-corrected chi connectivity index (χ0v) is 12.6. The van der Waals surface area contributed by atoms with Crippen molar-refractivity contribution >= 4 is 0 Å². The molecule has 0 fully saturated rings. The first-order chi connectivity index (χ1) is 8.43. The van der Waals surface area contributed by atoms with E-state index in [1.165, 1.54) is 11.1 Å². The van der Waals surface area contributed by atoms with Gasteiger partial charge >= 0.3 is 0 Å². The number of benzene rings is 1. The molecule has 0 atom stereocenters. The van der Waals surface area contributed by atoms with Crippen LogP contribution < -0.4 is 5.32 Å². The minimum absolute atomic E-state index is 0.255. The van der Waals surface area contributed by atoms with Gasteiger partial charge in [0, 0.05) is 25.2 Å². The van der Waals surface area contributed by atoms with E-state index in [1.54, 1.807) is 0 Å². The highest BCUT2D eigenvalue weighted by atomic mass is 15.1. The first-order valence-corrected chi connectivity index (χ1v) is 6.92. The SMILES string of the molecule is CCC(C)(C)NCCN(C)Cc1ccc(C)cc1. The molecule has 0 aliphatic heterocycles. The van der Waals surface area contributed by atoms with Crippen molar-refractivity contribution in [2.75, 3.05) is 20.1 Å². The van der Waals surface area contributed by atoms with Crippen LogP contribution in [0.4, 0.5) is 0 Å². The number of nitrogens with one attached hydrogen (secondary N) is 1. The lowest BCUT2D eigenvalue weighted by Crippen LogP contribution is -2.42. The number of rotatable bonds is 7. The van der Waals surface area contributed by atoms with Crippen molar-refractivity contribution in [1.29, 1.82) is 0 Å². The van der Waals surface area contributed by atoms with E-state index in [2.05, 4.69) is 69.2 Å². The van der Waals surface area contributed by atoms with Crippen LogP contribution in [-0.4, -0.2) is 30.6 Å². The lowest BCUT2D eigenvalue weighted by atomic mass is 10.0. The van der Waals surface area contributed by atoms with Crippen molar-refractivity contribution in [1.82, 2.24) is 10.2 Å². The quantitative estimate of drug-likeness (QED) is 0.797. The summed E-state index contributed by atoms with van der Waals surface area (Å²) in [5.74, 6) is 0. The number of hydrogen-bond acceptors (Lipinski definition) is 2. The molecule has 1 N–H and O–H groups in total. The second-order valence-corrected chi connectivity index (χ2v) is 5.89. The first kappa shape index (κ1) is 15.2. The Labute approximate surface area is 112 Å². The summed E-state index contributed by atoms with van der Waals surface area (Å²) in [5.41, 5.74) is 2.97. The summed E-state index contributed by atoms with van der Waals surface area (Å²) in [5, 5.41) is 3.59. The summed E-state index contributed by atoms with van der Waals surface area (Å²) in [6.07, 6.45) is 1.16. The minimum atomic E-state index is 0.255. The second kappa shape index (κ2) is 6.91. The predicted octanol–water partition coefficient (Wildman–Crippen LogP) is 3.21. The molecule has 102 valence electrons. The summed E-state index contributed by atoms with van der Waals surface area (Å²) in [4.78, 5) is 2.36. The molecule has 1 aromatic carbocycles. The van der Waals surface area contributed by atoms with E-state index in [0.717, 1.165) is 26.1 Å². The van der Waals surface area contributed by atoms with Gasteiger partial charge in [0.2, 0.25) is 0 Å². The number of nitrogens with zero attached hydrogens (tertiary/aromatic N) is 1. The van der Waals surface area contributed by atoms with Gasteiger partial charge in [0.1, 0.15) is 0 Å². The Morgan fingerprint density at radius 2 is 1.78 bits per heavy atom. The fraction of sp³-hybridized carbons (Fsp3) is 0.625. The first-order valence-electron chi connectivity index (χ1n) is 6.92. The van der Waals surface area contributed by atoms with E-state index in [4.69, 9.17) is 0 Å². The zero-order chi connectivity index (χ0) is 13.6. The fourth-order valence-electron chi connectivity index (χ4n) is 1.79. The molecule has 0 bridgehead atoms. The van der Waals surface area contributed by atoms with Crippen LogP contribution in [0, 0.1) is 6.92 Å². The van der Waals surface area contributed by atoms with Crippen molar-refractivity contribution in [2.24, 2.45) is 0 Å². The van der Waals surface area contributed by atoms with Gasteiger partial charge in [-0.15, -0.1) is 0 Å². The van der Waals surface area contributed by atoms with Gasteiger partial charge in [0.25, 0.3) is 0 Å². The third-order valence-electron chi connectivity index (χ3n) is 3.55. The molecule has 0 amide bonds.